The van der Waals surface area contributed by atoms with Crippen molar-refractivity contribution >= 4 is 44.7 Å². The maximum absolute atomic E-state index is 13.4. The number of hydrogen-bond acceptors (Lipinski definition) is 6. The Morgan fingerprint density at radius 1 is 1.05 bits per heavy atom. The molecule has 1 amide bonds. The molecule has 2 fully saturated rings. The van der Waals surface area contributed by atoms with Crippen molar-refractivity contribution in [2.45, 2.75) is 37.2 Å². The third kappa shape index (κ3) is 6.80. The van der Waals surface area contributed by atoms with Crippen LogP contribution >= 0.6 is 11.6 Å². The van der Waals surface area contributed by atoms with Crippen molar-refractivity contribution in [1.82, 2.24) is 19.8 Å². The first-order valence-electron chi connectivity index (χ1n) is 13.6. The number of anilines is 2. The van der Waals surface area contributed by atoms with Crippen LogP contribution in [0.2, 0.25) is 5.02 Å². The molecule has 2 aliphatic rings. The van der Waals surface area contributed by atoms with Gasteiger partial charge in [0.1, 0.15) is 33.0 Å². The summed E-state index contributed by atoms with van der Waals surface area (Å²) in [7, 11) is 4.52. The predicted octanol–water partition coefficient (Wildman–Crippen LogP) is 2.62. The number of amides is 1. The molecule has 2 aromatic heterocycles. The second kappa shape index (κ2) is 12.1. The van der Waals surface area contributed by atoms with Gasteiger partial charge in [0.25, 0.3) is 5.91 Å². The normalized spacial score (nSPS) is 19.0. The van der Waals surface area contributed by atoms with Gasteiger partial charge in [0.15, 0.2) is 0 Å². The maximum Gasteiger partial charge on any atom is 0.274 e. The monoisotopic (exact) mass is 546 g/mol. The van der Waals surface area contributed by atoms with Crippen molar-refractivity contribution in [2.24, 2.45) is 0 Å². The van der Waals surface area contributed by atoms with Gasteiger partial charge in [-0.3, -0.25) is 19.6 Å². The minimum atomic E-state index is -0.296. The number of hydrogen-bond donors (Lipinski definition) is 1. The standard InChI is InChI=1S/C28H34B2ClFN6O/c29-28(30)10-15-37(23-8-13-36(14-9-23)19-20-4-5-21(32)18-24(20)31)16-17-38(28)26-3-1-2-25(35-26)27(39)34-22-6-11-33-12-7-22/h1-7,11-12,18,23H,8-10,13-17,19,29-30H2,(H,33,34,39). The zero-order chi connectivity index (χ0) is 27.4. The van der Waals surface area contributed by atoms with Gasteiger partial charge in [-0.1, -0.05) is 23.7 Å². The van der Waals surface area contributed by atoms with E-state index in [-0.39, 0.29) is 17.1 Å². The fraction of sp³-hybridized carbons (Fsp3) is 0.393. The number of rotatable bonds is 6. The lowest BCUT2D eigenvalue weighted by atomic mass is 9.59. The molecule has 0 spiro atoms. The largest absolute Gasteiger partial charge is 0.366 e. The number of piperidine rings is 1. The third-order valence-corrected chi connectivity index (χ3v) is 8.37. The van der Waals surface area contributed by atoms with Crippen LogP contribution in [0.4, 0.5) is 15.9 Å². The highest BCUT2D eigenvalue weighted by Crippen LogP contribution is 2.28. The summed E-state index contributed by atoms with van der Waals surface area (Å²) < 4.78 is 13.4. The van der Waals surface area contributed by atoms with Crippen LogP contribution in [0.1, 0.15) is 35.3 Å². The number of likely N-dealkylation sites (tertiary alicyclic amines) is 1. The van der Waals surface area contributed by atoms with Crippen molar-refractivity contribution in [2.75, 3.05) is 42.9 Å². The van der Waals surface area contributed by atoms with E-state index >= 15 is 0 Å². The number of carbonyl (C=O) groups excluding carboxylic acids is 1. The van der Waals surface area contributed by atoms with Crippen molar-refractivity contribution in [3.63, 3.8) is 0 Å². The molecule has 0 radical (unpaired) electrons. The number of nitrogens with one attached hydrogen (secondary N) is 1. The Kier molecular flexibility index (Phi) is 8.54. The molecular formula is C28H34B2ClFN6O. The SMILES string of the molecule is BC1(B)CCN(C2CCN(Cc3ccc(F)cc3Cl)CC2)CCN1c1cccc(C(=O)Nc2ccncc2)n1. The molecule has 202 valence electrons. The Balaban J connectivity index is 1.20. The molecule has 5 rings (SSSR count). The molecule has 39 heavy (non-hydrogen) atoms. The van der Waals surface area contributed by atoms with Crippen LogP contribution in [-0.4, -0.2) is 85.5 Å². The van der Waals surface area contributed by atoms with Gasteiger partial charge in [-0.15, -0.1) is 0 Å². The van der Waals surface area contributed by atoms with Crippen molar-refractivity contribution in [1.29, 1.82) is 0 Å². The Hall–Kier alpha value is -2.94. The summed E-state index contributed by atoms with van der Waals surface area (Å²) in [5.74, 6) is 0.303. The topological polar surface area (TPSA) is 64.6 Å². The lowest BCUT2D eigenvalue weighted by Crippen LogP contribution is -2.51. The second-order valence-electron chi connectivity index (χ2n) is 11.1. The van der Waals surface area contributed by atoms with Crippen LogP contribution in [0.25, 0.3) is 0 Å². The van der Waals surface area contributed by atoms with Gasteiger partial charge in [0.05, 0.1) is 0 Å². The lowest BCUT2D eigenvalue weighted by molar-refractivity contribution is 0.102. The number of pyridine rings is 2. The molecule has 0 aliphatic carbocycles. The van der Waals surface area contributed by atoms with E-state index in [4.69, 9.17) is 16.6 Å². The van der Waals surface area contributed by atoms with Gasteiger partial charge >= 0.3 is 0 Å². The summed E-state index contributed by atoms with van der Waals surface area (Å²) in [5, 5.41) is 3.30. The summed E-state index contributed by atoms with van der Waals surface area (Å²) in [6.07, 6.45) is 6.50. The average molecular weight is 547 g/mol. The number of carbonyl (C=O) groups is 1. The van der Waals surface area contributed by atoms with Crippen LogP contribution in [0, 0.1) is 5.82 Å². The van der Waals surface area contributed by atoms with Crippen LogP contribution in [-0.2, 0) is 6.54 Å². The first-order chi connectivity index (χ1) is 18.8. The fourth-order valence-electron chi connectivity index (χ4n) is 5.65. The van der Waals surface area contributed by atoms with Crippen LogP contribution in [0.3, 0.4) is 0 Å². The van der Waals surface area contributed by atoms with E-state index in [0.29, 0.717) is 22.4 Å². The van der Waals surface area contributed by atoms with Crippen molar-refractivity contribution in [3.8, 4) is 0 Å². The third-order valence-electron chi connectivity index (χ3n) is 8.02. The summed E-state index contributed by atoms with van der Waals surface area (Å²) >= 11 is 6.26. The van der Waals surface area contributed by atoms with Gasteiger partial charge in [-0.25, -0.2) is 9.37 Å². The van der Waals surface area contributed by atoms with Gasteiger partial charge in [0, 0.05) is 48.8 Å². The molecule has 4 heterocycles. The fourth-order valence-corrected chi connectivity index (χ4v) is 5.88. The number of aromatic nitrogens is 2. The molecule has 2 aliphatic heterocycles. The van der Waals surface area contributed by atoms with Gasteiger partial charge in [0.2, 0.25) is 0 Å². The highest BCUT2D eigenvalue weighted by Gasteiger charge is 2.34. The molecule has 7 nitrogen and oxygen atoms in total. The zero-order valence-electron chi connectivity index (χ0n) is 22.6. The van der Waals surface area contributed by atoms with Crippen LogP contribution in [0.15, 0.2) is 60.9 Å². The molecule has 0 saturated carbocycles. The molecule has 0 unspecified atom stereocenters. The first-order valence-corrected chi connectivity index (χ1v) is 14.0. The maximum atomic E-state index is 13.4. The molecule has 0 atom stereocenters. The zero-order valence-corrected chi connectivity index (χ0v) is 23.4. The Morgan fingerprint density at radius 2 is 1.82 bits per heavy atom. The highest BCUT2D eigenvalue weighted by molar-refractivity contribution is 6.41. The summed E-state index contributed by atoms with van der Waals surface area (Å²) in [4.78, 5) is 29.0. The molecule has 3 aromatic rings. The van der Waals surface area contributed by atoms with Gasteiger partial charge in [-0.2, -0.15) is 0 Å². The predicted molar refractivity (Wildman–Crippen MR) is 159 cm³/mol. The van der Waals surface area contributed by atoms with Crippen molar-refractivity contribution < 1.29 is 9.18 Å². The number of nitrogens with zero attached hydrogens (tertiary/aromatic N) is 5. The second-order valence-corrected chi connectivity index (χ2v) is 11.5. The molecule has 1 N–H and O–H groups in total. The van der Waals surface area contributed by atoms with Gasteiger partial charge < -0.3 is 10.2 Å². The van der Waals surface area contributed by atoms with E-state index in [1.54, 1.807) is 36.7 Å². The summed E-state index contributed by atoms with van der Waals surface area (Å²) in [6.45, 7) is 5.58. The van der Waals surface area contributed by atoms with E-state index in [2.05, 4.69) is 40.7 Å². The van der Waals surface area contributed by atoms with E-state index in [1.807, 2.05) is 12.1 Å². The lowest BCUT2D eigenvalue weighted by Gasteiger charge is -2.38. The van der Waals surface area contributed by atoms with E-state index in [0.717, 1.165) is 69.9 Å². The quantitative estimate of drug-likeness (QED) is 0.480. The molecule has 2 saturated heterocycles. The summed E-state index contributed by atoms with van der Waals surface area (Å²) in [5.41, 5.74) is 2.07. The van der Waals surface area contributed by atoms with Gasteiger partial charge in [-0.05, 0) is 86.2 Å². The van der Waals surface area contributed by atoms with E-state index < -0.39 is 0 Å². The number of benzene rings is 1. The number of halogens is 2. The first kappa shape index (κ1) is 27.6. The van der Waals surface area contributed by atoms with E-state index in [9.17, 15) is 9.18 Å². The Labute approximate surface area is 236 Å². The molecular weight excluding hydrogens is 512 g/mol. The minimum absolute atomic E-state index is 0.0953. The average Bonchev–Trinajstić information content (AvgIpc) is 3.09. The Morgan fingerprint density at radius 3 is 2.56 bits per heavy atom. The molecule has 11 heteroatoms. The Bertz CT molecular complexity index is 1290. The van der Waals surface area contributed by atoms with Crippen LogP contribution < -0.4 is 10.2 Å². The smallest absolute Gasteiger partial charge is 0.274 e. The minimum Gasteiger partial charge on any atom is -0.366 e. The van der Waals surface area contributed by atoms with Crippen LogP contribution in [0.5, 0.6) is 0 Å². The summed E-state index contributed by atoms with van der Waals surface area (Å²) in [6, 6.07) is 14.4. The van der Waals surface area contributed by atoms with Crippen molar-refractivity contribution in [3.05, 3.63) is 83.0 Å². The van der Waals surface area contributed by atoms with E-state index in [1.165, 1.54) is 12.1 Å². The molecule has 0 bridgehead atoms. The molecule has 1 aromatic carbocycles. The highest BCUT2D eigenvalue weighted by atomic mass is 35.5.